The van der Waals surface area contributed by atoms with Crippen molar-refractivity contribution >= 4 is 15.9 Å². The topological polar surface area (TPSA) is 36.3 Å². The standard InChI is InChI=1S/C17H17BrN2O/c1-20(13-14-6-8-16(18)9-7-14)10-11-21-17-5-3-2-4-15(17)12-19/h2-9H,10-11,13H2,1H3. The second kappa shape index (κ2) is 7.82. The number of nitriles is 1. The zero-order chi connectivity index (χ0) is 15.1. The van der Waals surface area contributed by atoms with Crippen LogP contribution in [-0.4, -0.2) is 25.1 Å². The van der Waals surface area contributed by atoms with Gasteiger partial charge in [0.2, 0.25) is 0 Å². The first-order valence-electron chi connectivity index (χ1n) is 6.74. The molecule has 3 nitrogen and oxygen atoms in total. The smallest absolute Gasteiger partial charge is 0.137 e. The average molecular weight is 345 g/mol. The van der Waals surface area contributed by atoms with E-state index in [2.05, 4.69) is 46.1 Å². The van der Waals surface area contributed by atoms with Gasteiger partial charge in [0.1, 0.15) is 18.4 Å². The van der Waals surface area contributed by atoms with Gasteiger partial charge in [0, 0.05) is 17.6 Å². The van der Waals surface area contributed by atoms with Gasteiger partial charge in [-0.05, 0) is 36.9 Å². The third-order valence-corrected chi connectivity index (χ3v) is 3.63. The lowest BCUT2D eigenvalue weighted by atomic mass is 10.2. The van der Waals surface area contributed by atoms with Crippen molar-refractivity contribution in [2.24, 2.45) is 0 Å². The highest BCUT2D eigenvalue weighted by atomic mass is 79.9. The number of halogens is 1. The fraction of sp³-hybridized carbons (Fsp3) is 0.235. The van der Waals surface area contributed by atoms with Crippen LogP contribution < -0.4 is 4.74 Å². The zero-order valence-corrected chi connectivity index (χ0v) is 13.5. The van der Waals surface area contributed by atoms with E-state index in [-0.39, 0.29) is 0 Å². The monoisotopic (exact) mass is 344 g/mol. The van der Waals surface area contributed by atoms with Crippen molar-refractivity contribution < 1.29 is 4.74 Å². The first kappa shape index (κ1) is 15.6. The number of benzene rings is 2. The molecule has 2 aromatic rings. The summed E-state index contributed by atoms with van der Waals surface area (Å²) >= 11 is 3.43. The van der Waals surface area contributed by atoms with Crippen LogP contribution in [0.25, 0.3) is 0 Å². The van der Waals surface area contributed by atoms with E-state index in [1.54, 1.807) is 6.07 Å². The Bertz CT molecular complexity index is 619. The number of hydrogen-bond donors (Lipinski definition) is 0. The van der Waals surface area contributed by atoms with Crippen LogP contribution in [-0.2, 0) is 6.54 Å². The van der Waals surface area contributed by atoms with Gasteiger partial charge in [-0.1, -0.05) is 40.2 Å². The Kier molecular flexibility index (Phi) is 5.79. The summed E-state index contributed by atoms with van der Waals surface area (Å²) in [6.07, 6.45) is 0. The summed E-state index contributed by atoms with van der Waals surface area (Å²) in [5, 5.41) is 9.00. The summed E-state index contributed by atoms with van der Waals surface area (Å²) in [4.78, 5) is 2.19. The van der Waals surface area contributed by atoms with Gasteiger partial charge in [-0.2, -0.15) is 5.26 Å². The number of hydrogen-bond acceptors (Lipinski definition) is 3. The van der Waals surface area contributed by atoms with E-state index in [4.69, 9.17) is 10.00 Å². The molecule has 0 aliphatic heterocycles. The Morgan fingerprint density at radius 2 is 1.86 bits per heavy atom. The fourth-order valence-electron chi connectivity index (χ4n) is 1.98. The van der Waals surface area contributed by atoms with Gasteiger partial charge in [0.25, 0.3) is 0 Å². The Morgan fingerprint density at radius 3 is 2.57 bits per heavy atom. The van der Waals surface area contributed by atoms with Gasteiger partial charge in [0.15, 0.2) is 0 Å². The van der Waals surface area contributed by atoms with Crippen LogP contribution in [0.1, 0.15) is 11.1 Å². The van der Waals surface area contributed by atoms with Crippen LogP contribution in [0.15, 0.2) is 53.0 Å². The average Bonchev–Trinajstić information content (AvgIpc) is 2.50. The normalized spacial score (nSPS) is 10.4. The maximum absolute atomic E-state index is 9.00. The van der Waals surface area contributed by atoms with E-state index in [1.165, 1.54) is 5.56 Å². The Hall–Kier alpha value is -1.83. The molecule has 0 amide bonds. The van der Waals surface area contributed by atoms with Gasteiger partial charge in [-0.15, -0.1) is 0 Å². The maximum Gasteiger partial charge on any atom is 0.137 e. The van der Waals surface area contributed by atoms with Crippen molar-refractivity contribution in [3.8, 4) is 11.8 Å². The van der Waals surface area contributed by atoms with Crippen LogP contribution in [0.5, 0.6) is 5.75 Å². The van der Waals surface area contributed by atoms with E-state index in [0.29, 0.717) is 17.9 Å². The van der Waals surface area contributed by atoms with Crippen molar-refractivity contribution in [2.75, 3.05) is 20.2 Å². The van der Waals surface area contributed by atoms with Gasteiger partial charge in [-0.25, -0.2) is 0 Å². The van der Waals surface area contributed by atoms with Gasteiger partial charge in [-0.3, -0.25) is 4.90 Å². The molecule has 0 unspecified atom stereocenters. The Morgan fingerprint density at radius 1 is 1.14 bits per heavy atom. The van der Waals surface area contributed by atoms with Crippen LogP contribution in [0.3, 0.4) is 0 Å². The second-order valence-electron chi connectivity index (χ2n) is 4.82. The first-order chi connectivity index (χ1) is 10.2. The lowest BCUT2D eigenvalue weighted by molar-refractivity contribution is 0.232. The highest BCUT2D eigenvalue weighted by Crippen LogP contribution is 2.16. The van der Waals surface area contributed by atoms with E-state index in [1.807, 2.05) is 30.3 Å². The third kappa shape index (κ3) is 4.89. The molecule has 4 heteroatoms. The van der Waals surface area contributed by atoms with Crippen LogP contribution in [0, 0.1) is 11.3 Å². The SMILES string of the molecule is CN(CCOc1ccccc1C#N)Cc1ccc(Br)cc1. The Labute approximate surface area is 133 Å². The minimum absolute atomic E-state index is 0.561. The summed E-state index contributed by atoms with van der Waals surface area (Å²) in [6, 6.07) is 17.7. The van der Waals surface area contributed by atoms with Crippen LogP contribution in [0.2, 0.25) is 0 Å². The molecule has 0 saturated carbocycles. The largest absolute Gasteiger partial charge is 0.491 e. The molecule has 0 aliphatic rings. The summed E-state index contributed by atoms with van der Waals surface area (Å²) in [7, 11) is 2.06. The van der Waals surface area contributed by atoms with Gasteiger partial charge >= 0.3 is 0 Å². The molecule has 0 aromatic heterocycles. The number of rotatable bonds is 6. The fourth-order valence-corrected chi connectivity index (χ4v) is 2.24. The minimum Gasteiger partial charge on any atom is -0.491 e. The van der Waals surface area contributed by atoms with Crippen molar-refractivity contribution in [1.29, 1.82) is 5.26 Å². The lowest BCUT2D eigenvalue weighted by Crippen LogP contribution is -2.24. The van der Waals surface area contributed by atoms with Crippen molar-refractivity contribution in [2.45, 2.75) is 6.54 Å². The van der Waals surface area contributed by atoms with Crippen LogP contribution in [0.4, 0.5) is 0 Å². The van der Waals surface area contributed by atoms with Gasteiger partial charge in [0.05, 0.1) is 5.56 Å². The molecule has 0 N–H and O–H groups in total. The second-order valence-corrected chi connectivity index (χ2v) is 5.74. The lowest BCUT2D eigenvalue weighted by Gasteiger charge is -2.17. The molecular weight excluding hydrogens is 328 g/mol. The molecule has 21 heavy (non-hydrogen) atoms. The summed E-state index contributed by atoms with van der Waals surface area (Å²) in [6.45, 7) is 2.23. The molecule has 2 rings (SSSR count). The van der Waals surface area contributed by atoms with E-state index >= 15 is 0 Å². The molecule has 0 saturated heterocycles. The highest BCUT2D eigenvalue weighted by molar-refractivity contribution is 9.10. The molecule has 0 atom stereocenters. The minimum atomic E-state index is 0.561. The number of nitrogens with zero attached hydrogens (tertiary/aromatic N) is 2. The Balaban J connectivity index is 1.80. The number of ether oxygens (including phenoxy) is 1. The molecule has 108 valence electrons. The summed E-state index contributed by atoms with van der Waals surface area (Å²) in [5.41, 5.74) is 1.84. The summed E-state index contributed by atoms with van der Waals surface area (Å²) < 4.78 is 6.77. The van der Waals surface area contributed by atoms with E-state index in [9.17, 15) is 0 Å². The van der Waals surface area contributed by atoms with Crippen molar-refractivity contribution in [3.05, 3.63) is 64.1 Å². The molecule has 0 fully saturated rings. The van der Waals surface area contributed by atoms with Gasteiger partial charge < -0.3 is 4.74 Å². The zero-order valence-electron chi connectivity index (χ0n) is 11.9. The molecule has 0 heterocycles. The maximum atomic E-state index is 9.00. The van der Waals surface area contributed by atoms with Crippen LogP contribution >= 0.6 is 15.9 Å². The quantitative estimate of drug-likeness (QED) is 0.798. The molecule has 0 spiro atoms. The molecule has 2 aromatic carbocycles. The predicted molar refractivity (Wildman–Crippen MR) is 87.1 cm³/mol. The van der Waals surface area contributed by atoms with E-state index in [0.717, 1.165) is 17.6 Å². The molecule has 0 radical (unpaired) electrons. The van der Waals surface area contributed by atoms with E-state index < -0.39 is 0 Å². The van der Waals surface area contributed by atoms with Crippen molar-refractivity contribution in [1.82, 2.24) is 4.90 Å². The third-order valence-electron chi connectivity index (χ3n) is 3.10. The van der Waals surface area contributed by atoms with Crippen molar-refractivity contribution in [3.63, 3.8) is 0 Å². The molecular formula is C17H17BrN2O. The first-order valence-corrected chi connectivity index (χ1v) is 7.53. The predicted octanol–water partition coefficient (Wildman–Crippen LogP) is 3.83. The number of para-hydroxylation sites is 1. The number of likely N-dealkylation sites (N-methyl/N-ethyl adjacent to an activating group) is 1. The summed E-state index contributed by atoms with van der Waals surface area (Å²) in [5.74, 6) is 0.650. The highest BCUT2D eigenvalue weighted by Gasteiger charge is 2.04. The molecule has 0 aliphatic carbocycles. The molecule has 0 bridgehead atoms.